The van der Waals surface area contributed by atoms with Crippen LogP contribution in [0.25, 0.3) is 0 Å². The molecule has 1 amide bonds. The van der Waals surface area contributed by atoms with E-state index in [2.05, 4.69) is 15.5 Å². The lowest BCUT2D eigenvalue weighted by molar-refractivity contribution is -0.113. The second-order valence-electron chi connectivity index (χ2n) is 7.47. The minimum absolute atomic E-state index is 0.0602. The highest BCUT2D eigenvalue weighted by molar-refractivity contribution is 7.99. The van der Waals surface area contributed by atoms with Gasteiger partial charge in [-0.1, -0.05) is 35.5 Å². The number of ether oxygens (including phenoxy) is 1. The predicted octanol–water partition coefficient (Wildman–Crippen LogP) is 5.14. The number of carbonyl (C=O) groups excluding carboxylic acids is 1. The van der Waals surface area contributed by atoms with E-state index in [0.717, 1.165) is 51.9 Å². The first kappa shape index (κ1) is 23.2. The number of benzene rings is 2. The normalized spacial score (nSPS) is 10.9. The predicted molar refractivity (Wildman–Crippen MR) is 126 cm³/mol. The van der Waals surface area contributed by atoms with E-state index < -0.39 is 0 Å². The quantitative estimate of drug-likeness (QED) is 0.355. The average molecular weight is 459 g/mol. The SMILES string of the molecule is Cc1ccc(C)c(NC(=O)CSc2nnc(CCCOc3ccc(Cl)cc3C)n2C)c1. The molecule has 6 nitrogen and oxygen atoms in total. The van der Waals surface area contributed by atoms with Gasteiger partial charge in [-0.2, -0.15) is 0 Å². The third-order valence-electron chi connectivity index (χ3n) is 4.86. The molecule has 1 heterocycles. The number of hydrogen-bond donors (Lipinski definition) is 1. The van der Waals surface area contributed by atoms with E-state index >= 15 is 0 Å². The number of rotatable bonds is 9. The van der Waals surface area contributed by atoms with Crippen LogP contribution in [0.1, 0.15) is 28.9 Å². The van der Waals surface area contributed by atoms with Crippen molar-refractivity contribution >= 4 is 35.0 Å². The lowest BCUT2D eigenvalue weighted by atomic mass is 10.1. The van der Waals surface area contributed by atoms with Gasteiger partial charge in [0, 0.05) is 24.2 Å². The topological polar surface area (TPSA) is 69.0 Å². The molecule has 0 aliphatic rings. The molecule has 0 saturated carbocycles. The molecule has 1 aromatic heterocycles. The zero-order valence-corrected chi connectivity index (χ0v) is 19.8. The van der Waals surface area contributed by atoms with E-state index in [-0.39, 0.29) is 11.7 Å². The minimum Gasteiger partial charge on any atom is -0.493 e. The van der Waals surface area contributed by atoms with Gasteiger partial charge in [-0.05, 0) is 68.1 Å². The molecule has 2 aromatic carbocycles. The first-order valence-corrected chi connectivity index (χ1v) is 11.5. The van der Waals surface area contributed by atoms with Gasteiger partial charge in [-0.15, -0.1) is 10.2 Å². The van der Waals surface area contributed by atoms with E-state index in [1.807, 2.05) is 68.8 Å². The Labute approximate surface area is 192 Å². The van der Waals surface area contributed by atoms with Crippen molar-refractivity contribution in [2.24, 2.45) is 7.05 Å². The van der Waals surface area contributed by atoms with Crippen molar-refractivity contribution < 1.29 is 9.53 Å². The molecule has 0 radical (unpaired) electrons. The Morgan fingerprint density at radius 2 is 1.94 bits per heavy atom. The summed E-state index contributed by atoms with van der Waals surface area (Å²) in [6, 6.07) is 11.6. The highest BCUT2D eigenvalue weighted by atomic mass is 35.5. The Morgan fingerprint density at radius 3 is 2.71 bits per heavy atom. The molecule has 3 aromatic rings. The number of carbonyl (C=O) groups is 1. The summed E-state index contributed by atoms with van der Waals surface area (Å²) in [5, 5.41) is 12.9. The summed E-state index contributed by atoms with van der Waals surface area (Å²) >= 11 is 7.35. The summed E-state index contributed by atoms with van der Waals surface area (Å²) in [4.78, 5) is 12.3. The Kier molecular flexibility index (Phi) is 7.98. The number of aryl methyl sites for hydroxylation is 4. The molecule has 31 heavy (non-hydrogen) atoms. The Bertz CT molecular complexity index is 1070. The van der Waals surface area contributed by atoms with Crippen molar-refractivity contribution in [1.29, 1.82) is 0 Å². The van der Waals surface area contributed by atoms with Crippen LogP contribution in [0, 0.1) is 20.8 Å². The molecule has 0 saturated heterocycles. The first-order chi connectivity index (χ1) is 14.8. The zero-order valence-electron chi connectivity index (χ0n) is 18.2. The molecule has 0 fully saturated rings. The maximum Gasteiger partial charge on any atom is 0.234 e. The summed E-state index contributed by atoms with van der Waals surface area (Å²) in [5.74, 6) is 1.93. The molecule has 0 bridgehead atoms. The van der Waals surface area contributed by atoms with Gasteiger partial charge in [-0.25, -0.2) is 0 Å². The summed E-state index contributed by atoms with van der Waals surface area (Å²) in [5.41, 5.74) is 4.02. The first-order valence-electron chi connectivity index (χ1n) is 10.1. The standard InChI is InChI=1S/C23H27ClN4O2S/c1-15-7-8-16(2)19(12-15)25-22(29)14-31-23-27-26-21(28(23)4)6-5-11-30-20-10-9-18(24)13-17(20)3/h7-10,12-13H,5-6,11,14H2,1-4H3,(H,25,29). The average Bonchev–Trinajstić information content (AvgIpc) is 3.07. The number of nitrogens with one attached hydrogen (secondary N) is 1. The van der Waals surface area contributed by atoms with Crippen molar-refractivity contribution in [3.8, 4) is 5.75 Å². The molecule has 1 N–H and O–H groups in total. The Balaban J connectivity index is 1.46. The second kappa shape index (κ2) is 10.7. The van der Waals surface area contributed by atoms with E-state index in [9.17, 15) is 4.79 Å². The Hall–Kier alpha value is -2.51. The smallest absolute Gasteiger partial charge is 0.234 e. The molecule has 3 rings (SSSR count). The Morgan fingerprint density at radius 1 is 1.13 bits per heavy atom. The monoisotopic (exact) mass is 458 g/mol. The van der Waals surface area contributed by atoms with Crippen LogP contribution < -0.4 is 10.1 Å². The molecule has 0 spiro atoms. The highest BCUT2D eigenvalue weighted by Gasteiger charge is 2.12. The summed E-state index contributed by atoms with van der Waals surface area (Å²) in [6.07, 6.45) is 1.55. The maximum absolute atomic E-state index is 12.3. The summed E-state index contributed by atoms with van der Waals surface area (Å²) < 4.78 is 7.77. The van der Waals surface area contributed by atoms with Crippen LogP contribution in [0.15, 0.2) is 41.6 Å². The maximum atomic E-state index is 12.3. The highest BCUT2D eigenvalue weighted by Crippen LogP contribution is 2.22. The second-order valence-corrected chi connectivity index (χ2v) is 8.85. The molecule has 0 aliphatic carbocycles. The number of halogens is 1. The van der Waals surface area contributed by atoms with Crippen LogP contribution in [-0.2, 0) is 18.3 Å². The molecule has 8 heteroatoms. The minimum atomic E-state index is -0.0602. The van der Waals surface area contributed by atoms with Crippen molar-refractivity contribution in [3.05, 3.63) is 63.9 Å². The fourth-order valence-electron chi connectivity index (χ4n) is 3.06. The molecule has 0 unspecified atom stereocenters. The van der Waals surface area contributed by atoms with Gasteiger partial charge in [0.25, 0.3) is 0 Å². The molecular weight excluding hydrogens is 432 g/mol. The van der Waals surface area contributed by atoms with Crippen LogP contribution in [0.3, 0.4) is 0 Å². The number of aromatic nitrogens is 3. The van der Waals surface area contributed by atoms with Crippen LogP contribution in [-0.4, -0.2) is 33.0 Å². The fourth-order valence-corrected chi connectivity index (χ4v) is 4.02. The number of hydrogen-bond acceptors (Lipinski definition) is 5. The van der Waals surface area contributed by atoms with Crippen molar-refractivity contribution in [2.45, 2.75) is 38.8 Å². The molecule has 164 valence electrons. The van der Waals surface area contributed by atoms with Crippen molar-refractivity contribution in [1.82, 2.24) is 14.8 Å². The van der Waals surface area contributed by atoms with Gasteiger partial charge in [0.2, 0.25) is 5.91 Å². The van der Waals surface area contributed by atoms with E-state index in [1.165, 1.54) is 11.8 Å². The zero-order chi connectivity index (χ0) is 22.4. The summed E-state index contributed by atoms with van der Waals surface area (Å²) in [6.45, 7) is 6.54. The van der Waals surface area contributed by atoms with Gasteiger partial charge in [0.15, 0.2) is 5.16 Å². The van der Waals surface area contributed by atoms with Gasteiger partial charge < -0.3 is 14.6 Å². The van der Waals surface area contributed by atoms with E-state index in [0.29, 0.717) is 11.6 Å². The lowest BCUT2D eigenvalue weighted by Crippen LogP contribution is -2.15. The van der Waals surface area contributed by atoms with Crippen LogP contribution >= 0.6 is 23.4 Å². The van der Waals surface area contributed by atoms with Gasteiger partial charge in [0.1, 0.15) is 11.6 Å². The summed E-state index contributed by atoms with van der Waals surface area (Å²) in [7, 11) is 1.92. The lowest BCUT2D eigenvalue weighted by Gasteiger charge is -2.10. The van der Waals surface area contributed by atoms with Gasteiger partial charge in [-0.3, -0.25) is 4.79 Å². The third-order valence-corrected chi connectivity index (χ3v) is 6.12. The van der Waals surface area contributed by atoms with Gasteiger partial charge in [0.05, 0.1) is 12.4 Å². The largest absolute Gasteiger partial charge is 0.493 e. The number of anilines is 1. The van der Waals surface area contributed by atoms with Gasteiger partial charge >= 0.3 is 0 Å². The molecular formula is C23H27ClN4O2S. The fraction of sp³-hybridized carbons (Fsp3) is 0.348. The van der Waals surface area contributed by atoms with Crippen LogP contribution in [0.5, 0.6) is 5.75 Å². The van der Waals surface area contributed by atoms with E-state index in [4.69, 9.17) is 16.3 Å². The van der Waals surface area contributed by atoms with E-state index in [1.54, 1.807) is 0 Å². The number of nitrogens with zero attached hydrogens (tertiary/aromatic N) is 3. The number of thioether (sulfide) groups is 1. The number of amides is 1. The van der Waals surface area contributed by atoms with Crippen LogP contribution in [0.4, 0.5) is 5.69 Å². The molecule has 0 aliphatic heterocycles. The molecule has 0 atom stereocenters. The third kappa shape index (κ3) is 6.48. The van der Waals surface area contributed by atoms with Crippen molar-refractivity contribution in [3.63, 3.8) is 0 Å². The van der Waals surface area contributed by atoms with Crippen molar-refractivity contribution in [2.75, 3.05) is 17.7 Å². The van der Waals surface area contributed by atoms with Crippen LogP contribution in [0.2, 0.25) is 5.02 Å².